The summed E-state index contributed by atoms with van der Waals surface area (Å²) in [4.78, 5) is 24.2. The van der Waals surface area contributed by atoms with Crippen LogP contribution in [0.2, 0.25) is 0 Å². The molecule has 0 heterocycles. The number of hydrogen-bond acceptors (Lipinski definition) is 5. The minimum atomic E-state index is -0.458. The molecular weight excluding hydrogens is 500 g/mol. The van der Waals surface area contributed by atoms with Crippen molar-refractivity contribution in [1.29, 1.82) is 0 Å². The van der Waals surface area contributed by atoms with Crippen LogP contribution in [0.25, 0.3) is 0 Å². The largest absolute Gasteiger partial charge is 0.497 e. The van der Waals surface area contributed by atoms with Crippen molar-refractivity contribution in [3.8, 4) is 23.0 Å². The maximum absolute atomic E-state index is 12.8. The van der Waals surface area contributed by atoms with Gasteiger partial charge in [0.05, 0.1) is 12.7 Å². The summed E-state index contributed by atoms with van der Waals surface area (Å²) >= 11 is 0. The highest BCUT2D eigenvalue weighted by atomic mass is 16.5. The first kappa shape index (κ1) is 26.4. The molecular formula is C35H28O5. The summed E-state index contributed by atoms with van der Waals surface area (Å²) in [5.41, 5.74) is 4.40. The van der Waals surface area contributed by atoms with Crippen LogP contribution in [0.3, 0.4) is 0 Å². The van der Waals surface area contributed by atoms with Crippen LogP contribution < -0.4 is 14.2 Å². The molecule has 0 saturated heterocycles. The molecule has 1 unspecified atom stereocenters. The number of methoxy groups -OCH3 is 1. The molecule has 0 aliphatic heterocycles. The number of esters is 1. The zero-order valence-corrected chi connectivity index (χ0v) is 22.2. The van der Waals surface area contributed by atoms with E-state index in [4.69, 9.17) is 14.2 Å². The van der Waals surface area contributed by atoms with Crippen molar-refractivity contribution in [2.45, 2.75) is 12.8 Å². The fourth-order valence-electron chi connectivity index (χ4n) is 4.47. The Kier molecular flexibility index (Phi) is 8.02. The Morgan fingerprint density at radius 3 is 1.48 bits per heavy atom. The molecule has 5 aromatic carbocycles. The van der Waals surface area contributed by atoms with E-state index in [1.54, 1.807) is 55.6 Å². The number of ether oxygens (including phenoxy) is 3. The maximum atomic E-state index is 12.8. The fourth-order valence-corrected chi connectivity index (χ4v) is 4.47. The molecule has 0 aliphatic carbocycles. The lowest BCUT2D eigenvalue weighted by Gasteiger charge is -2.19. The summed E-state index contributed by atoms with van der Waals surface area (Å²) in [5, 5.41) is 0. The summed E-state index contributed by atoms with van der Waals surface area (Å²) in [6.07, 6.45) is 0. The van der Waals surface area contributed by atoms with E-state index < -0.39 is 5.97 Å². The second-order valence-electron chi connectivity index (χ2n) is 9.28. The zero-order valence-electron chi connectivity index (χ0n) is 22.2. The number of hydrogen-bond donors (Lipinski definition) is 0. The third kappa shape index (κ3) is 6.27. The van der Waals surface area contributed by atoms with E-state index in [0.717, 1.165) is 22.4 Å². The number of carbonyl (C=O) groups excluding carboxylic acids is 2. The van der Waals surface area contributed by atoms with Crippen molar-refractivity contribution < 1.29 is 23.8 Å². The highest BCUT2D eigenvalue weighted by molar-refractivity contribution is 5.94. The first-order chi connectivity index (χ1) is 19.5. The molecule has 0 amide bonds. The van der Waals surface area contributed by atoms with E-state index in [1.165, 1.54) is 6.92 Å². The lowest BCUT2D eigenvalue weighted by molar-refractivity contribution is 0.0734. The maximum Gasteiger partial charge on any atom is 0.343 e. The molecule has 0 saturated carbocycles. The average molecular weight is 529 g/mol. The van der Waals surface area contributed by atoms with E-state index in [1.807, 2.05) is 54.6 Å². The Labute approximate surface area is 233 Å². The molecule has 0 N–H and O–H groups in total. The van der Waals surface area contributed by atoms with Gasteiger partial charge in [-0.25, -0.2) is 4.79 Å². The van der Waals surface area contributed by atoms with Gasteiger partial charge in [-0.3, -0.25) is 4.79 Å². The van der Waals surface area contributed by atoms with E-state index in [0.29, 0.717) is 28.4 Å². The molecule has 0 bridgehead atoms. The van der Waals surface area contributed by atoms with Gasteiger partial charge in [0.25, 0.3) is 0 Å². The average Bonchev–Trinajstić information content (AvgIpc) is 3.00. The van der Waals surface area contributed by atoms with Crippen LogP contribution in [0, 0.1) is 0 Å². The van der Waals surface area contributed by atoms with Crippen LogP contribution in [-0.4, -0.2) is 18.9 Å². The van der Waals surface area contributed by atoms with Crippen molar-refractivity contribution in [2.75, 3.05) is 7.11 Å². The molecule has 198 valence electrons. The molecule has 0 radical (unpaired) electrons. The minimum Gasteiger partial charge on any atom is -0.497 e. The number of carbonyl (C=O) groups is 2. The normalized spacial score (nSPS) is 11.3. The Morgan fingerprint density at radius 1 is 0.525 bits per heavy atom. The number of Topliss-reactive ketones (excluding diaryl/α,β-unsaturated/α-hetero) is 1. The van der Waals surface area contributed by atoms with Crippen LogP contribution in [-0.2, 0) is 0 Å². The van der Waals surface area contributed by atoms with Gasteiger partial charge in [-0.1, -0.05) is 54.6 Å². The van der Waals surface area contributed by atoms with Gasteiger partial charge in [0.2, 0.25) is 0 Å². The van der Waals surface area contributed by atoms with Gasteiger partial charge in [-0.2, -0.15) is 0 Å². The predicted molar refractivity (Wildman–Crippen MR) is 155 cm³/mol. The van der Waals surface area contributed by atoms with Gasteiger partial charge in [0, 0.05) is 11.5 Å². The number of ketones is 1. The summed E-state index contributed by atoms with van der Waals surface area (Å²) in [6, 6.07) is 39.6. The highest BCUT2D eigenvalue weighted by Gasteiger charge is 2.17. The summed E-state index contributed by atoms with van der Waals surface area (Å²) in [5.74, 6) is 1.99. The zero-order chi connectivity index (χ0) is 27.9. The third-order valence-corrected chi connectivity index (χ3v) is 6.59. The topological polar surface area (TPSA) is 61.8 Å². The predicted octanol–water partition coefficient (Wildman–Crippen LogP) is 8.09. The summed E-state index contributed by atoms with van der Waals surface area (Å²) < 4.78 is 16.8. The summed E-state index contributed by atoms with van der Waals surface area (Å²) in [7, 11) is 1.66. The molecule has 5 aromatic rings. The lowest BCUT2D eigenvalue weighted by atomic mass is 9.85. The second-order valence-corrected chi connectivity index (χ2v) is 9.28. The molecule has 0 aliphatic rings. The van der Waals surface area contributed by atoms with Crippen LogP contribution in [0.15, 0.2) is 127 Å². The highest BCUT2D eigenvalue weighted by Crippen LogP contribution is 2.34. The second kappa shape index (κ2) is 12.1. The Bertz CT molecular complexity index is 1570. The molecule has 0 spiro atoms. The van der Waals surface area contributed by atoms with Gasteiger partial charge in [0.15, 0.2) is 5.78 Å². The third-order valence-electron chi connectivity index (χ3n) is 6.59. The monoisotopic (exact) mass is 528 g/mol. The number of benzene rings is 5. The minimum absolute atomic E-state index is 0.00249. The lowest BCUT2D eigenvalue weighted by Crippen LogP contribution is -2.09. The molecule has 5 heteroatoms. The number of rotatable bonds is 9. The quantitative estimate of drug-likeness (QED) is 0.0837. The van der Waals surface area contributed by atoms with Gasteiger partial charge in [-0.15, -0.1) is 0 Å². The van der Waals surface area contributed by atoms with Crippen molar-refractivity contribution in [1.82, 2.24) is 0 Å². The molecule has 5 nitrogen and oxygen atoms in total. The first-order valence-electron chi connectivity index (χ1n) is 12.9. The van der Waals surface area contributed by atoms with E-state index >= 15 is 0 Å². The summed E-state index contributed by atoms with van der Waals surface area (Å²) in [6.45, 7) is 1.52. The molecule has 0 fully saturated rings. The van der Waals surface area contributed by atoms with Crippen LogP contribution in [0.1, 0.15) is 50.2 Å². The van der Waals surface area contributed by atoms with Crippen LogP contribution in [0.4, 0.5) is 0 Å². The van der Waals surface area contributed by atoms with E-state index in [2.05, 4.69) is 24.3 Å². The SMILES string of the molecule is COc1ccc(C(c2ccccc2)c2ccc(OC(=O)c3ccc(Oc4ccc(C(C)=O)cc4)cc3)cc2)cc1. The first-order valence-corrected chi connectivity index (χ1v) is 12.9. The van der Waals surface area contributed by atoms with Gasteiger partial charge in [0.1, 0.15) is 23.0 Å². The van der Waals surface area contributed by atoms with E-state index in [9.17, 15) is 9.59 Å². The van der Waals surface area contributed by atoms with Crippen molar-refractivity contribution in [3.63, 3.8) is 0 Å². The van der Waals surface area contributed by atoms with Crippen LogP contribution in [0.5, 0.6) is 23.0 Å². The smallest absolute Gasteiger partial charge is 0.343 e. The van der Waals surface area contributed by atoms with Crippen LogP contribution >= 0.6 is 0 Å². The Balaban J connectivity index is 1.27. The van der Waals surface area contributed by atoms with Crippen molar-refractivity contribution >= 4 is 11.8 Å². The van der Waals surface area contributed by atoms with Crippen molar-refractivity contribution in [2.24, 2.45) is 0 Å². The standard InChI is InChI=1S/C35H28O5/c1-24(36)25-8-18-31(19-9-25)39-32-22-14-29(15-23-32)35(37)40-33-20-12-28(13-21-33)34(26-6-4-3-5-7-26)27-10-16-30(38-2)17-11-27/h3-23,34H,1-2H3. The van der Waals surface area contributed by atoms with Gasteiger partial charge >= 0.3 is 5.97 Å². The molecule has 1 atom stereocenters. The van der Waals surface area contributed by atoms with E-state index in [-0.39, 0.29) is 11.7 Å². The molecule has 40 heavy (non-hydrogen) atoms. The van der Waals surface area contributed by atoms with Crippen molar-refractivity contribution in [3.05, 3.63) is 155 Å². The Hall–Kier alpha value is -5.16. The molecule has 0 aromatic heterocycles. The van der Waals surface area contributed by atoms with Gasteiger partial charge in [-0.05, 0) is 96.4 Å². The Morgan fingerprint density at radius 2 is 0.975 bits per heavy atom. The fraction of sp³-hybridized carbons (Fsp3) is 0.0857. The van der Waals surface area contributed by atoms with Gasteiger partial charge < -0.3 is 14.2 Å². The molecule has 5 rings (SSSR count).